The fourth-order valence-electron chi connectivity index (χ4n) is 1.31. The highest BCUT2D eigenvalue weighted by Crippen LogP contribution is 2.24. The van der Waals surface area contributed by atoms with Gasteiger partial charge in [0.2, 0.25) is 5.78 Å². The summed E-state index contributed by atoms with van der Waals surface area (Å²) in [5, 5.41) is 0. The molecule has 0 aliphatic rings. The Morgan fingerprint density at radius 1 is 1.31 bits per heavy atom. The number of hydrogen-bond acceptors (Lipinski definition) is 2. The first-order valence-corrected chi connectivity index (χ1v) is 6.25. The van der Waals surface area contributed by atoms with Crippen LogP contribution in [0.2, 0.25) is 0 Å². The number of thiophene rings is 1. The molecule has 2 rings (SSSR count). The average molecular weight is 299 g/mol. The van der Waals surface area contributed by atoms with E-state index in [1.165, 1.54) is 17.4 Å². The third-order valence-electron chi connectivity index (χ3n) is 2.23. The summed E-state index contributed by atoms with van der Waals surface area (Å²) in [5.41, 5.74) is 0.932. The predicted octanol–water partition coefficient (Wildman–Crippen LogP) is 4.19. The van der Waals surface area contributed by atoms with Gasteiger partial charge in [-0.15, -0.1) is 11.3 Å². The van der Waals surface area contributed by atoms with E-state index in [0.717, 1.165) is 3.79 Å². The van der Waals surface area contributed by atoms with E-state index >= 15 is 0 Å². The number of carbonyl (C=O) groups is 1. The van der Waals surface area contributed by atoms with Crippen molar-refractivity contribution in [2.75, 3.05) is 0 Å². The largest absolute Gasteiger partial charge is 0.288 e. The second-order valence-electron chi connectivity index (χ2n) is 3.40. The van der Waals surface area contributed by atoms with Crippen molar-refractivity contribution in [1.82, 2.24) is 0 Å². The first kappa shape index (κ1) is 11.5. The Balaban J connectivity index is 2.38. The molecule has 1 nitrogen and oxygen atoms in total. The molecule has 2 aromatic rings. The highest BCUT2D eigenvalue weighted by Gasteiger charge is 2.12. The summed E-state index contributed by atoms with van der Waals surface area (Å²) in [7, 11) is 0. The van der Waals surface area contributed by atoms with E-state index < -0.39 is 0 Å². The van der Waals surface area contributed by atoms with Crippen molar-refractivity contribution in [1.29, 1.82) is 0 Å². The number of carbonyl (C=O) groups excluding carboxylic acids is 1. The summed E-state index contributed by atoms with van der Waals surface area (Å²) in [5.74, 6) is -0.490. The van der Waals surface area contributed by atoms with Crippen molar-refractivity contribution in [2.24, 2.45) is 0 Å². The summed E-state index contributed by atoms with van der Waals surface area (Å²) in [6, 6.07) is 8.09. The molecule has 0 N–H and O–H groups in total. The van der Waals surface area contributed by atoms with Gasteiger partial charge in [0.15, 0.2) is 0 Å². The number of hydrogen-bond donors (Lipinski definition) is 0. The maximum absolute atomic E-state index is 13.3. The van der Waals surface area contributed by atoms with Crippen molar-refractivity contribution in [3.63, 3.8) is 0 Å². The third-order valence-corrected chi connectivity index (χ3v) is 3.85. The van der Waals surface area contributed by atoms with Gasteiger partial charge in [-0.1, -0.05) is 12.1 Å². The molecular formula is C12H8BrFOS. The second-order valence-corrected chi connectivity index (χ2v) is 5.86. The first-order chi connectivity index (χ1) is 7.58. The molecule has 0 amide bonds. The quantitative estimate of drug-likeness (QED) is 0.760. The lowest BCUT2D eigenvalue weighted by molar-refractivity contribution is 0.104. The Hall–Kier alpha value is -1.00. The van der Waals surface area contributed by atoms with Gasteiger partial charge in [-0.05, 0) is 46.6 Å². The van der Waals surface area contributed by atoms with Gasteiger partial charge in [-0.3, -0.25) is 4.79 Å². The molecule has 1 aromatic heterocycles. The van der Waals surface area contributed by atoms with Crippen molar-refractivity contribution in [3.8, 4) is 0 Å². The van der Waals surface area contributed by atoms with Gasteiger partial charge in [0.1, 0.15) is 5.82 Å². The van der Waals surface area contributed by atoms with Crippen LogP contribution in [0.3, 0.4) is 0 Å². The van der Waals surface area contributed by atoms with Crippen LogP contribution in [-0.4, -0.2) is 5.78 Å². The number of aryl methyl sites for hydroxylation is 1. The van der Waals surface area contributed by atoms with Gasteiger partial charge in [0.25, 0.3) is 0 Å². The van der Waals surface area contributed by atoms with Crippen LogP contribution < -0.4 is 0 Å². The fourth-order valence-corrected chi connectivity index (χ4v) is 2.66. The number of rotatable bonds is 2. The van der Waals surface area contributed by atoms with Crippen LogP contribution in [0.5, 0.6) is 0 Å². The maximum Gasteiger partial charge on any atom is 0.203 e. The summed E-state index contributed by atoms with van der Waals surface area (Å²) >= 11 is 4.64. The minimum absolute atomic E-state index is 0.144. The van der Waals surface area contributed by atoms with E-state index in [9.17, 15) is 9.18 Å². The highest BCUT2D eigenvalue weighted by atomic mass is 79.9. The molecular weight excluding hydrogens is 291 g/mol. The zero-order valence-corrected chi connectivity index (χ0v) is 10.9. The van der Waals surface area contributed by atoms with E-state index in [1.807, 2.05) is 6.07 Å². The van der Waals surface area contributed by atoms with Crippen LogP contribution in [-0.2, 0) is 0 Å². The molecule has 1 aromatic carbocycles. The van der Waals surface area contributed by atoms with Crippen LogP contribution >= 0.6 is 27.3 Å². The summed E-state index contributed by atoms with van der Waals surface area (Å²) < 4.78 is 14.2. The van der Waals surface area contributed by atoms with Gasteiger partial charge >= 0.3 is 0 Å². The molecule has 0 aliphatic heterocycles. The van der Waals surface area contributed by atoms with Crippen LogP contribution in [0.4, 0.5) is 4.39 Å². The molecule has 0 bridgehead atoms. The minimum Gasteiger partial charge on any atom is -0.288 e. The monoisotopic (exact) mass is 298 g/mol. The third kappa shape index (κ3) is 2.23. The topological polar surface area (TPSA) is 17.1 Å². The Bertz CT molecular complexity index is 548. The molecule has 0 unspecified atom stereocenters. The second kappa shape index (κ2) is 4.47. The van der Waals surface area contributed by atoms with Crippen molar-refractivity contribution in [3.05, 3.63) is 55.9 Å². The summed E-state index contributed by atoms with van der Waals surface area (Å²) in [6.45, 7) is 1.67. The number of benzene rings is 1. The molecule has 0 saturated heterocycles. The Morgan fingerprint density at radius 2 is 2.06 bits per heavy atom. The lowest BCUT2D eigenvalue weighted by Gasteiger charge is -2.00. The number of halogens is 2. The van der Waals surface area contributed by atoms with Crippen LogP contribution in [0.25, 0.3) is 0 Å². The molecule has 82 valence electrons. The van der Waals surface area contributed by atoms with Crippen LogP contribution in [0, 0.1) is 12.7 Å². The molecule has 4 heteroatoms. The Labute approximate surface area is 105 Å². The summed E-state index contributed by atoms with van der Waals surface area (Å²) in [6.07, 6.45) is 0. The molecule has 0 saturated carbocycles. The predicted molar refractivity (Wildman–Crippen MR) is 66.6 cm³/mol. The normalized spacial score (nSPS) is 10.4. The van der Waals surface area contributed by atoms with E-state index in [2.05, 4.69) is 15.9 Å². The van der Waals surface area contributed by atoms with E-state index in [0.29, 0.717) is 16.0 Å². The van der Waals surface area contributed by atoms with E-state index in [-0.39, 0.29) is 11.6 Å². The molecule has 1 heterocycles. The van der Waals surface area contributed by atoms with Gasteiger partial charge in [0.05, 0.1) is 8.66 Å². The molecule has 0 atom stereocenters. The standard InChI is InChI=1S/C12H8BrFOS/c1-7-2-3-8(6-9(7)14)12(15)10-4-5-11(13)16-10/h2-6H,1H3. The van der Waals surface area contributed by atoms with Crippen molar-refractivity contribution >= 4 is 33.0 Å². The maximum atomic E-state index is 13.3. The van der Waals surface area contributed by atoms with Crippen molar-refractivity contribution in [2.45, 2.75) is 6.92 Å². The molecule has 0 spiro atoms. The van der Waals surface area contributed by atoms with Crippen LogP contribution in [0.15, 0.2) is 34.1 Å². The van der Waals surface area contributed by atoms with Gasteiger partial charge in [-0.2, -0.15) is 0 Å². The lowest BCUT2D eigenvalue weighted by atomic mass is 10.1. The zero-order chi connectivity index (χ0) is 11.7. The fraction of sp³-hybridized carbons (Fsp3) is 0.0833. The van der Waals surface area contributed by atoms with Gasteiger partial charge in [-0.25, -0.2) is 4.39 Å². The van der Waals surface area contributed by atoms with E-state index in [1.54, 1.807) is 25.1 Å². The van der Waals surface area contributed by atoms with Gasteiger partial charge in [0, 0.05) is 5.56 Å². The average Bonchev–Trinajstić information content (AvgIpc) is 2.68. The van der Waals surface area contributed by atoms with Gasteiger partial charge < -0.3 is 0 Å². The molecule has 0 fully saturated rings. The zero-order valence-electron chi connectivity index (χ0n) is 8.46. The van der Waals surface area contributed by atoms with E-state index in [4.69, 9.17) is 0 Å². The highest BCUT2D eigenvalue weighted by molar-refractivity contribution is 9.11. The number of ketones is 1. The Kier molecular flexibility index (Phi) is 3.21. The lowest BCUT2D eigenvalue weighted by Crippen LogP contribution is -1.99. The summed E-state index contributed by atoms with van der Waals surface area (Å²) in [4.78, 5) is 12.6. The first-order valence-electron chi connectivity index (χ1n) is 4.64. The van der Waals surface area contributed by atoms with Crippen molar-refractivity contribution < 1.29 is 9.18 Å². The smallest absolute Gasteiger partial charge is 0.203 e. The van der Waals surface area contributed by atoms with Crippen LogP contribution in [0.1, 0.15) is 20.8 Å². The molecule has 0 aliphatic carbocycles. The Morgan fingerprint density at radius 3 is 2.62 bits per heavy atom. The molecule has 0 radical (unpaired) electrons. The minimum atomic E-state index is -0.346. The molecule has 16 heavy (non-hydrogen) atoms. The SMILES string of the molecule is Cc1ccc(C(=O)c2ccc(Br)s2)cc1F.